The molecule has 0 spiro atoms. The normalized spacial score (nSPS) is 11.7. The van der Waals surface area contributed by atoms with Gasteiger partial charge in [-0.1, -0.05) is 346 Å². The molecule has 0 aliphatic heterocycles. The third-order valence-electron chi connectivity index (χ3n) is 27.6. The molecule has 29 aromatic rings. The minimum atomic E-state index is 0.549. The molecule has 0 fully saturated rings. The summed E-state index contributed by atoms with van der Waals surface area (Å²) in [5.41, 5.74) is 29.1. The second kappa shape index (κ2) is 34.4. The van der Waals surface area contributed by atoms with Gasteiger partial charge in [0.05, 0.1) is 89.0 Å². The van der Waals surface area contributed by atoms with Gasteiger partial charge in [0.2, 0.25) is 17.8 Å². The molecule has 19 aromatic carbocycles. The molecule has 0 saturated carbocycles. The van der Waals surface area contributed by atoms with Gasteiger partial charge in [0.1, 0.15) is 5.69 Å². The predicted octanol–water partition coefficient (Wildman–Crippen LogP) is 31.6. The molecule has 0 saturated heterocycles. The van der Waals surface area contributed by atoms with Crippen molar-refractivity contribution in [1.29, 1.82) is 0 Å². The van der Waals surface area contributed by atoms with Gasteiger partial charge in [-0.25, -0.2) is 39.9 Å². The number of benzene rings is 19. The lowest BCUT2D eigenvalue weighted by molar-refractivity contribution is 1.00. The van der Waals surface area contributed by atoms with Crippen molar-refractivity contribution >= 4 is 142 Å². The molecule has 0 unspecified atom stereocenters. The highest BCUT2D eigenvalue weighted by Crippen LogP contribution is 2.46. The lowest BCUT2D eigenvalue weighted by Crippen LogP contribution is -2.05. The van der Waals surface area contributed by atoms with Crippen LogP contribution in [-0.4, -0.2) is 67.3 Å². The summed E-state index contributed by atoms with van der Waals surface area (Å²) in [6, 6.07) is 167. The van der Waals surface area contributed by atoms with Crippen molar-refractivity contribution in [1.82, 2.24) is 67.3 Å². The van der Waals surface area contributed by atoms with Crippen LogP contribution in [-0.2, 0) is 0 Å². The van der Waals surface area contributed by atoms with E-state index in [9.17, 15) is 0 Å². The minimum absolute atomic E-state index is 0.549. The molecule has 0 radical (unpaired) electrons. The number of hydrogen-bond acceptors (Lipinski definition) is 8. The maximum atomic E-state index is 5.45. The number of para-hydroxylation sites is 9. The number of rotatable bonds is 13. The van der Waals surface area contributed by atoms with Crippen molar-refractivity contribution < 1.29 is 0 Å². The Balaban J connectivity index is 0.000000107. The maximum Gasteiger partial charge on any atom is 0.235 e. The zero-order valence-corrected chi connectivity index (χ0v) is 76.6. The second-order valence-electron chi connectivity index (χ2n) is 35.6. The fourth-order valence-corrected chi connectivity index (χ4v) is 21.2. The molecule has 0 aliphatic rings. The van der Waals surface area contributed by atoms with E-state index >= 15 is 0 Å². The van der Waals surface area contributed by atoms with Gasteiger partial charge in [0.25, 0.3) is 0 Å². The van der Waals surface area contributed by atoms with Crippen molar-refractivity contribution in [3.63, 3.8) is 0 Å². The van der Waals surface area contributed by atoms with Gasteiger partial charge < -0.3 is 13.7 Å². The Hall–Kier alpha value is -19.4. The highest BCUT2D eigenvalue weighted by molar-refractivity contribution is 6.24. The number of hydrogen-bond donors (Lipinski definition) is 0. The standard InChI is InChI=1S/C44H28N6.C44H28N4.C40H26N4/c1-4-14-29(15-5-1)36-28-37(30-16-6-2-7-17-30)46-43(45-36)42-32-20-10-12-22-35(32)47-44(48-42)50-39-23-13-11-21-33(39)41-34-26-27-49(31-18-8-3-9-19-31)38(34)24-25-40(41)50;1-3-13-29(14-4-1)31-23-24-34(33-18-8-7-17-32(31)33)43-35-19-9-11-21-38(35)45-44(46-43)48-40-22-12-10-20-36(40)42-37-27-28-47(30-15-5-2-6-16-30)39(37)25-26-41(42)48;1-3-13-27(14-4-1)29-17-7-8-18-30(29)39-31-19-9-11-21-34(31)41-40(42-39)44-36-22-12-10-20-32(36)38-33-25-26-43(28-15-5-2-6-16-28)35(33)23-24-37(38)44/h1-28H;1-28H;1-26H. The molecular weight excluding hydrogens is 1730 g/mol. The van der Waals surface area contributed by atoms with Crippen LogP contribution in [0.1, 0.15) is 0 Å². The topological polar surface area (TPSA) is 133 Å². The van der Waals surface area contributed by atoms with Gasteiger partial charge in [-0.15, -0.1) is 0 Å². The predicted molar refractivity (Wildman–Crippen MR) is 583 cm³/mol. The van der Waals surface area contributed by atoms with E-state index in [1.165, 1.54) is 76.0 Å². The van der Waals surface area contributed by atoms with Crippen LogP contribution in [0.2, 0.25) is 0 Å². The zero-order valence-electron chi connectivity index (χ0n) is 76.6. The Kier molecular flexibility index (Phi) is 19.9. The summed E-state index contributed by atoms with van der Waals surface area (Å²) in [4.78, 5) is 42.1. The number of fused-ring (bicyclic) bond motifs is 19. The van der Waals surface area contributed by atoms with Crippen molar-refractivity contribution in [2.24, 2.45) is 0 Å². The van der Waals surface area contributed by atoms with Gasteiger partial charge in [0.15, 0.2) is 5.82 Å². The van der Waals surface area contributed by atoms with Crippen LogP contribution < -0.4 is 0 Å². The first-order chi connectivity index (χ1) is 70.5. The fourth-order valence-electron chi connectivity index (χ4n) is 21.2. The first kappa shape index (κ1) is 82.1. The molecule has 0 aliphatic carbocycles. The Morgan fingerprint density at radius 1 is 0.155 bits per heavy atom. The van der Waals surface area contributed by atoms with Crippen LogP contribution in [0.15, 0.2) is 498 Å². The quantitative estimate of drug-likeness (QED) is 0.111. The first-order valence-electron chi connectivity index (χ1n) is 47.8. The van der Waals surface area contributed by atoms with Gasteiger partial charge in [0, 0.05) is 123 Å². The molecule has 0 bridgehead atoms. The lowest BCUT2D eigenvalue weighted by Gasteiger charge is -2.15. The minimum Gasteiger partial charge on any atom is -0.317 e. The summed E-state index contributed by atoms with van der Waals surface area (Å²) in [6.07, 6.45) is 6.48. The van der Waals surface area contributed by atoms with Crippen LogP contribution in [0.3, 0.4) is 0 Å². The fraction of sp³-hybridized carbons (Fsp3) is 0. The Bertz CT molecular complexity index is 9930. The van der Waals surface area contributed by atoms with Gasteiger partial charge >= 0.3 is 0 Å². The van der Waals surface area contributed by atoms with Crippen LogP contribution in [0.5, 0.6) is 0 Å². The molecule has 10 aromatic heterocycles. The average molecular weight is 1820 g/mol. The van der Waals surface area contributed by atoms with E-state index < -0.39 is 0 Å². The highest BCUT2D eigenvalue weighted by Gasteiger charge is 2.28. The molecule has 664 valence electrons. The SMILES string of the molecule is c1ccc(-c2cc(-c3ccccc3)nc(-c3nc(-n4c5ccccc5c5c6ccn(-c7ccccc7)c6ccc54)nc4ccccc34)n2)cc1.c1ccc(-c2ccc(-c3nc(-n4c5ccccc5c5c6ccn(-c7ccccc7)c6ccc54)nc4ccccc34)c3ccccc23)cc1.c1ccc(-c2ccccc2-c2nc(-n3c4ccccc4c4c5ccn(-c6ccccc6)c5ccc43)nc3ccccc23)cc1. The van der Waals surface area contributed by atoms with E-state index in [1.54, 1.807) is 0 Å². The van der Waals surface area contributed by atoms with Crippen molar-refractivity contribution in [3.05, 3.63) is 498 Å². The molecule has 29 rings (SSSR count). The van der Waals surface area contributed by atoms with E-state index in [2.05, 4.69) is 459 Å². The van der Waals surface area contributed by atoms with Crippen LogP contribution >= 0.6 is 0 Å². The summed E-state index contributed by atoms with van der Waals surface area (Å²) in [7, 11) is 0. The second-order valence-corrected chi connectivity index (χ2v) is 35.6. The average Bonchev–Trinajstić information content (AvgIpc) is 1.57. The van der Waals surface area contributed by atoms with E-state index in [0.717, 1.165) is 150 Å². The Morgan fingerprint density at radius 2 is 0.423 bits per heavy atom. The van der Waals surface area contributed by atoms with E-state index in [0.29, 0.717) is 29.4 Å². The summed E-state index contributed by atoms with van der Waals surface area (Å²) in [6.45, 7) is 0. The van der Waals surface area contributed by atoms with Crippen molar-refractivity contribution in [2.45, 2.75) is 0 Å². The summed E-state index contributed by atoms with van der Waals surface area (Å²) in [5, 5.41) is 16.0. The summed E-state index contributed by atoms with van der Waals surface area (Å²) >= 11 is 0. The molecule has 0 N–H and O–H groups in total. The molecule has 0 atom stereocenters. The molecule has 0 amide bonds. The van der Waals surface area contributed by atoms with Gasteiger partial charge in [-0.3, -0.25) is 13.7 Å². The van der Waals surface area contributed by atoms with E-state index in [4.69, 9.17) is 39.9 Å². The maximum absolute atomic E-state index is 5.45. The smallest absolute Gasteiger partial charge is 0.235 e. The Morgan fingerprint density at radius 3 is 0.810 bits per heavy atom. The molecular formula is C128H82N14. The summed E-state index contributed by atoms with van der Waals surface area (Å²) in [5.74, 6) is 2.44. The number of aromatic nitrogens is 14. The Labute approximate surface area is 814 Å². The molecule has 10 heterocycles. The van der Waals surface area contributed by atoms with E-state index in [1.807, 2.05) is 66.7 Å². The van der Waals surface area contributed by atoms with Gasteiger partial charge in [-0.2, -0.15) is 0 Å². The van der Waals surface area contributed by atoms with Crippen LogP contribution in [0, 0.1) is 0 Å². The van der Waals surface area contributed by atoms with Crippen molar-refractivity contribution in [3.8, 4) is 114 Å². The first-order valence-corrected chi connectivity index (χ1v) is 47.8. The largest absolute Gasteiger partial charge is 0.317 e. The summed E-state index contributed by atoms with van der Waals surface area (Å²) < 4.78 is 13.4. The molecule has 142 heavy (non-hydrogen) atoms. The monoisotopic (exact) mass is 1810 g/mol. The van der Waals surface area contributed by atoms with Gasteiger partial charge in [-0.05, 0) is 166 Å². The third-order valence-corrected chi connectivity index (χ3v) is 27.6. The highest BCUT2D eigenvalue weighted by atomic mass is 15.2. The van der Waals surface area contributed by atoms with Crippen LogP contribution in [0.4, 0.5) is 0 Å². The lowest BCUT2D eigenvalue weighted by atomic mass is 9.93. The van der Waals surface area contributed by atoms with Crippen molar-refractivity contribution in [2.75, 3.05) is 0 Å². The molecule has 14 heteroatoms. The van der Waals surface area contributed by atoms with E-state index in [-0.39, 0.29) is 0 Å². The third kappa shape index (κ3) is 13.9. The zero-order chi connectivity index (χ0) is 93.7. The van der Waals surface area contributed by atoms with Crippen LogP contribution in [0.25, 0.3) is 255 Å². The number of nitrogens with zero attached hydrogens (tertiary/aromatic N) is 14. The molecule has 14 nitrogen and oxygen atoms in total.